The van der Waals surface area contributed by atoms with Crippen LogP contribution in [-0.4, -0.2) is 42.3 Å². The van der Waals surface area contributed by atoms with E-state index < -0.39 is 38.7 Å². The molecule has 1 fully saturated rings. The van der Waals surface area contributed by atoms with Crippen LogP contribution in [0.15, 0.2) is 17.0 Å². The first-order chi connectivity index (χ1) is 11.7. The number of nitrogens with zero attached hydrogens (tertiary/aromatic N) is 1. The number of hydrogen-bond donors (Lipinski definition) is 2. The van der Waals surface area contributed by atoms with Crippen molar-refractivity contribution in [3.05, 3.63) is 23.5 Å². The molecular weight excluding hydrogens is 351 g/mol. The quantitative estimate of drug-likeness (QED) is 0.841. The molecule has 2 N–H and O–H groups in total. The third-order valence-electron chi connectivity index (χ3n) is 4.89. The molecule has 2 heterocycles. The van der Waals surface area contributed by atoms with Gasteiger partial charge in [-0.05, 0) is 43.9 Å². The average Bonchev–Trinajstić information content (AvgIpc) is 2.53. The number of fused-ring (bicyclic) bond motifs is 1. The molecule has 3 rings (SSSR count). The molecule has 0 radical (unpaired) electrons. The van der Waals surface area contributed by atoms with E-state index in [1.807, 2.05) is 0 Å². The maximum absolute atomic E-state index is 14.5. The normalized spacial score (nSPS) is 24.5. The van der Waals surface area contributed by atoms with Crippen molar-refractivity contribution in [2.24, 2.45) is 5.92 Å². The van der Waals surface area contributed by atoms with Crippen LogP contribution in [0.5, 0.6) is 0 Å². The topological polar surface area (TPSA) is 104 Å². The molecule has 9 heteroatoms. The monoisotopic (exact) mass is 370 g/mol. The largest absolute Gasteiger partial charge is 0.481 e. The maximum Gasteiger partial charge on any atom is 0.308 e. The lowest BCUT2D eigenvalue weighted by Gasteiger charge is -2.36. The molecule has 25 heavy (non-hydrogen) atoms. The second kappa shape index (κ2) is 6.38. The number of nitrogens with one attached hydrogen (secondary N) is 1. The van der Waals surface area contributed by atoms with Crippen LogP contribution in [0, 0.1) is 11.7 Å². The number of aryl methyl sites for hydroxylation is 1. The van der Waals surface area contributed by atoms with E-state index in [-0.39, 0.29) is 24.6 Å². The Balaban J connectivity index is 2.00. The molecule has 2 atom stereocenters. The Labute approximate surface area is 144 Å². The zero-order chi connectivity index (χ0) is 18.4. The molecule has 136 valence electrons. The Morgan fingerprint density at radius 1 is 1.36 bits per heavy atom. The Kier molecular flexibility index (Phi) is 4.54. The van der Waals surface area contributed by atoms with Crippen molar-refractivity contribution in [3.8, 4) is 0 Å². The third-order valence-corrected chi connectivity index (χ3v) is 6.89. The number of piperidine rings is 1. The van der Waals surface area contributed by atoms with Crippen LogP contribution in [0.1, 0.15) is 31.7 Å². The van der Waals surface area contributed by atoms with Crippen molar-refractivity contribution in [3.63, 3.8) is 0 Å². The molecule has 2 aliphatic rings. The molecule has 2 aliphatic heterocycles. The number of halogens is 1. The standard InChI is InChI=1S/C16H19FN2O5S/c1-9-11(16(21)22)3-2-6-19(9)25(23,24)14-7-10-4-5-15(20)18-13(10)8-12(14)17/h7-9,11H,2-6H2,1H3,(H,18,20)(H,21,22)/t9-,11-/m1/s1. The number of amides is 1. The van der Waals surface area contributed by atoms with Gasteiger partial charge >= 0.3 is 5.97 Å². The number of carbonyl (C=O) groups excluding carboxylic acids is 1. The van der Waals surface area contributed by atoms with Crippen molar-refractivity contribution >= 4 is 27.6 Å². The van der Waals surface area contributed by atoms with Crippen LogP contribution in [0.4, 0.5) is 10.1 Å². The van der Waals surface area contributed by atoms with Gasteiger partial charge in [0.15, 0.2) is 0 Å². The molecule has 0 bridgehead atoms. The van der Waals surface area contributed by atoms with Gasteiger partial charge in [-0.15, -0.1) is 0 Å². The highest BCUT2D eigenvalue weighted by molar-refractivity contribution is 7.89. The number of sulfonamides is 1. The van der Waals surface area contributed by atoms with Gasteiger partial charge in [0, 0.05) is 24.7 Å². The molecule has 0 saturated carbocycles. The molecule has 7 nitrogen and oxygen atoms in total. The SMILES string of the molecule is C[C@@H]1[C@H](C(=O)O)CCCN1S(=O)(=O)c1cc2c(cc1F)NC(=O)CC2. The molecular formula is C16H19FN2O5S. The summed E-state index contributed by atoms with van der Waals surface area (Å²) in [6, 6.07) is 1.51. The molecule has 1 aromatic rings. The molecule has 1 amide bonds. The minimum atomic E-state index is -4.17. The van der Waals surface area contributed by atoms with Crippen LogP contribution < -0.4 is 5.32 Å². The molecule has 0 unspecified atom stereocenters. The van der Waals surface area contributed by atoms with Crippen molar-refractivity contribution in [1.82, 2.24) is 4.31 Å². The van der Waals surface area contributed by atoms with Crippen LogP contribution in [0.2, 0.25) is 0 Å². The molecule has 1 aromatic carbocycles. The first-order valence-corrected chi connectivity index (χ1v) is 9.52. The van der Waals surface area contributed by atoms with Gasteiger partial charge in [-0.1, -0.05) is 0 Å². The summed E-state index contributed by atoms with van der Waals surface area (Å²) in [5.74, 6) is -3.06. The van der Waals surface area contributed by atoms with E-state index in [0.29, 0.717) is 24.8 Å². The summed E-state index contributed by atoms with van der Waals surface area (Å²) < 4.78 is 41.4. The van der Waals surface area contributed by atoms with Gasteiger partial charge in [-0.25, -0.2) is 12.8 Å². The van der Waals surface area contributed by atoms with E-state index >= 15 is 0 Å². The lowest BCUT2D eigenvalue weighted by Crippen LogP contribution is -2.49. The van der Waals surface area contributed by atoms with E-state index in [2.05, 4.69) is 5.32 Å². The Morgan fingerprint density at radius 2 is 2.08 bits per heavy atom. The van der Waals surface area contributed by atoms with Gasteiger partial charge in [0.1, 0.15) is 10.7 Å². The van der Waals surface area contributed by atoms with Gasteiger partial charge in [0.2, 0.25) is 15.9 Å². The number of carboxylic acid groups (broad SMARTS) is 1. The summed E-state index contributed by atoms with van der Waals surface area (Å²) in [6.07, 6.45) is 1.33. The van der Waals surface area contributed by atoms with Crippen molar-refractivity contribution < 1.29 is 27.5 Å². The van der Waals surface area contributed by atoms with Crippen LogP contribution in [-0.2, 0) is 26.0 Å². The minimum absolute atomic E-state index is 0.153. The zero-order valence-electron chi connectivity index (χ0n) is 13.7. The molecule has 0 aliphatic carbocycles. The lowest BCUT2D eigenvalue weighted by molar-refractivity contribution is -0.144. The highest BCUT2D eigenvalue weighted by atomic mass is 32.2. The third kappa shape index (κ3) is 3.13. The van der Waals surface area contributed by atoms with E-state index in [1.54, 1.807) is 0 Å². The highest BCUT2D eigenvalue weighted by Gasteiger charge is 2.40. The summed E-state index contributed by atoms with van der Waals surface area (Å²) in [7, 11) is -4.17. The second-order valence-electron chi connectivity index (χ2n) is 6.43. The van der Waals surface area contributed by atoms with Crippen LogP contribution >= 0.6 is 0 Å². The number of benzene rings is 1. The summed E-state index contributed by atoms with van der Waals surface area (Å²) in [5, 5.41) is 11.8. The number of aliphatic carboxylic acids is 1. The Bertz CT molecular complexity index is 839. The minimum Gasteiger partial charge on any atom is -0.481 e. The fourth-order valence-electron chi connectivity index (χ4n) is 3.49. The van der Waals surface area contributed by atoms with Gasteiger partial charge in [-0.3, -0.25) is 9.59 Å². The predicted molar refractivity (Wildman–Crippen MR) is 87.1 cm³/mol. The number of carboxylic acids is 1. The molecule has 0 spiro atoms. The van der Waals surface area contributed by atoms with E-state index in [9.17, 15) is 27.5 Å². The first-order valence-electron chi connectivity index (χ1n) is 8.08. The van der Waals surface area contributed by atoms with Crippen molar-refractivity contribution in [1.29, 1.82) is 0 Å². The van der Waals surface area contributed by atoms with Gasteiger partial charge in [0.25, 0.3) is 0 Å². The molecule has 1 saturated heterocycles. The maximum atomic E-state index is 14.5. The lowest BCUT2D eigenvalue weighted by atomic mass is 9.92. The average molecular weight is 370 g/mol. The van der Waals surface area contributed by atoms with E-state index in [0.717, 1.165) is 10.4 Å². The fourth-order valence-corrected chi connectivity index (χ4v) is 5.29. The van der Waals surface area contributed by atoms with Gasteiger partial charge < -0.3 is 10.4 Å². The number of carbonyl (C=O) groups is 2. The first kappa shape index (κ1) is 17.8. The zero-order valence-corrected chi connectivity index (χ0v) is 14.5. The van der Waals surface area contributed by atoms with Crippen LogP contribution in [0.3, 0.4) is 0 Å². The highest BCUT2D eigenvalue weighted by Crippen LogP contribution is 2.33. The van der Waals surface area contributed by atoms with Crippen LogP contribution in [0.25, 0.3) is 0 Å². The van der Waals surface area contributed by atoms with Gasteiger partial charge in [-0.2, -0.15) is 4.31 Å². The van der Waals surface area contributed by atoms with Gasteiger partial charge in [0.05, 0.1) is 5.92 Å². The number of hydrogen-bond acceptors (Lipinski definition) is 4. The summed E-state index contributed by atoms with van der Waals surface area (Å²) in [5.41, 5.74) is 0.835. The predicted octanol–water partition coefficient (Wildman–Crippen LogP) is 1.58. The Morgan fingerprint density at radius 3 is 2.76 bits per heavy atom. The van der Waals surface area contributed by atoms with Crippen molar-refractivity contribution in [2.45, 2.75) is 43.5 Å². The van der Waals surface area contributed by atoms with E-state index in [4.69, 9.17) is 0 Å². The summed E-state index contributed by atoms with van der Waals surface area (Å²) in [6.45, 7) is 1.69. The summed E-state index contributed by atoms with van der Waals surface area (Å²) >= 11 is 0. The number of anilines is 1. The molecule has 0 aromatic heterocycles. The smallest absolute Gasteiger partial charge is 0.308 e. The fraction of sp³-hybridized carbons (Fsp3) is 0.500. The number of rotatable bonds is 3. The summed E-state index contributed by atoms with van der Waals surface area (Å²) in [4.78, 5) is 22.2. The Hall–Kier alpha value is -2.00. The van der Waals surface area contributed by atoms with E-state index in [1.165, 1.54) is 13.0 Å². The second-order valence-corrected chi connectivity index (χ2v) is 8.29. The van der Waals surface area contributed by atoms with Crippen molar-refractivity contribution in [2.75, 3.05) is 11.9 Å².